The van der Waals surface area contributed by atoms with Crippen LogP contribution in [0.5, 0.6) is 0 Å². The summed E-state index contributed by atoms with van der Waals surface area (Å²) in [5.41, 5.74) is 0. The molecule has 0 spiro atoms. The molecule has 0 saturated carbocycles. The summed E-state index contributed by atoms with van der Waals surface area (Å²) in [6.45, 7) is 3.83. The van der Waals surface area contributed by atoms with E-state index in [2.05, 4.69) is 0 Å². The second kappa shape index (κ2) is 3.85. The first-order chi connectivity index (χ1) is 4.12. The van der Waals surface area contributed by atoms with Crippen LogP contribution in [0.4, 0.5) is 0 Å². The maximum absolute atomic E-state index is 10.6. The summed E-state index contributed by atoms with van der Waals surface area (Å²) >= 11 is 0. The molecule has 0 unspecified atom stereocenters. The highest BCUT2D eigenvalue weighted by molar-refractivity contribution is 7.91. The third-order valence-electron chi connectivity index (χ3n) is 0.907. The molecule has 0 aliphatic heterocycles. The van der Waals surface area contributed by atoms with Gasteiger partial charge in [0.15, 0.2) is 9.84 Å². The molecule has 0 aromatic carbocycles. The van der Waals surface area contributed by atoms with Gasteiger partial charge in [0, 0.05) is 12.4 Å². The van der Waals surface area contributed by atoms with Gasteiger partial charge in [-0.15, -0.1) is 0 Å². The van der Waals surface area contributed by atoms with E-state index in [4.69, 9.17) is 4.74 Å². The zero-order valence-corrected chi connectivity index (χ0v) is 6.57. The Hall–Kier alpha value is -0.0900. The van der Waals surface area contributed by atoms with Crippen LogP contribution in [-0.4, -0.2) is 26.7 Å². The normalized spacial score (nSPS) is 11.8. The van der Waals surface area contributed by atoms with E-state index in [0.29, 0.717) is 6.61 Å². The molecular weight excluding hydrogens is 140 g/mol. The van der Waals surface area contributed by atoms with Crippen LogP contribution in [0.25, 0.3) is 0 Å². The fourth-order valence-corrected chi connectivity index (χ4v) is 0.881. The molecule has 0 aromatic heterocycles. The third kappa shape index (κ3) is 4.42. The lowest BCUT2D eigenvalue weighted by Gasteiger charge is -1.98. The van der Waals surface area contributed by atoms with E-state index in [1.165, 1.54) is 0 Å². The Kier molecular flexibility index (Phi) is 3.81. The number of hydrogen-bond donors (Lipinski definition) is 0. The minimum atomic E-state index is -2.90. The van der Waals surface area contributed by atoms with Crippen LogP contribution in [0.15, 0.2) is 0 Å². The van der Waals surface area contributed by atoms with Crippen molar-refractivity contribution in [1.82, 2.24) is 0 Å². The molecule has 56 valence electrons. The van der Waals surface area contributed by atoms with Crippen molar-refractivity contribution >= 4 is 9.84 Å². The molecule has 4 heteroatoms. The molecule has 0 aliphatic rings. The number of rotatable bonds is 4. The second-order valence-electron chi connectivity index (χ2n) is 1.64. The summed E-state index contributed by atoms with van der Waals surface area (Å²) in [6.07, 6.45) is 0. The summed E-state index contributed by atoms with van der Waals surface area (Å²) in [6, 6.07) is 0. The number of hydrogen-bond acceptors (Lipinski definition) is 3. The van der Waals surface area contributed by atoms with E-state index in [1.807, 2.05) is 0 Å². The molecule has 0 atom stereocenters. The third-order valence-corrected chi connectivity index (χ3v) is 2.31. The minimum Gasteiger partial charge on any atom is -0.366 e. The highest BCUT2D eigenvalue weighted by atomic mass is 32.2. The standard InChI is InChI=1S/C5H12O3S/c1-3-8-5-9(6,7)4-2/h3-5H2,1-2H3. The van der Waals surface area contributed by atoms with Gasteiger partial charge in [0.25, 0.3) is 0 Å². The van der Waals surface area contributed by atoms with Gasteiger partial charge in [0.1, 0.15) is 5.94 Å². The predicted molar refractivity (Wildman–Crippen MR) is 36.0 cm³/mol. The largest absolute Gasteiger partial charge is 0.366 e. The topological polar surface area (TPSA) is 43.4 Å². The minimum absolute atomic E-state index is 0.139. The molecule has 0 aromatic rings. The van der Waals surface area contributed by atoms with Gasteiger partial charge in [0.2, 0.25) is 0 Å². The molecule has 0 aliphatic carbocycles. The Morgan fingerprint density at radius 3 is 2.22 bits per heavy atom. The maximum Gasteiger partial charge on any atom is 0.173 e. The van der Waals surface area contributed by atoms with Crippen LogP contribution < -0.4 is 0 Å². The van der Waals surface area contributed by atoms with E-state index in [0.717, 1.165) is 0 Å². The molecule has 0 heterocycles. The predicted octanol–water partition coefficient (Wildman–Crippen LogP) is 0.415. The lowest BCUT2D eigenvalue weighted by atomic mass is 10.9. The summed E-state index contributed by atoms with van der Waals surface area (Å²) in [5, 5.41) is 0. The van der Waals surface area contributed by atoms with Crippen LogP contribution in [-0.2, 0) is 14.6 Å². The zero-order valence-electron chi connectivity index (χ0n) is 5.75. The summed E-state index contributed by atoms with van der Waals surface area (Å²) < 4.78 is 26.0. The average Bonchev–Trinajstić information content (AvgIpc) is 1.84. The zero-order chi connectivity index (χ0) is 7.33. The maximum atomic E-state index is 10.6. The van der Waals surface area contributed by atoms with Crippen LogP contribution in [0.3, 0.4) is 0 Å². The van der Waals surface area contributed by atoms with E-state index in [1.54, 1.807) is 13.8 Å². The van der Waals surface area contributed by atoms with Gasteiger partial charge in [0.05, 0.1) is 0 Å². The van der Waals surface area contributed by atoms with Crippen LogP contribution in [0, 0.1) is 0 Å². The van der Waals surface area contributed by atoms with Crippen molar-refractivity contribution in [1.29, 1.82) is 0 Å². The first-order valence-electron chi connectivity index (χ1n) is 2.90. The Labute approximate surface area is 55.9 Å². The highest BCUT2D eigenvalue weighted by Crippen LogP contribution is 1.88. The highest BCUT2D eigenvalue weighted by Gasteiger charge is 2.04. The Morgan fingerprint density at radius 2 is 1.89 bits per heavy atom. The summed E-state index contributed by atoms with van der Waals surface area (Å²) in [7, 11) is -2.90. The van der Waals surface area contributed by atoms with Crippen LogP contribution >= 0.6 is 0 Å². The van der Waals surface area contributed by atoms with Gasteiger partial charge >= 0.3 is 0 Å². The monoisotopic (exact) mass is 152 g/mol. The van der Waals surface area contributed by atoms with Crippen molar-refractivity contribution in [3.05, 3.63) is 0 Å². The SMILES string of the molecule is CCOCS(=O)(=O)CC. The van der Waals surface area contributed by atoms with Gasteiger partial charge in [-0.25, -0.2) is 8.42 Å². The Balaban J connectivity index is 3.61. The molecule has 0 amide bonds. The Morgan fingerprint density at radius 1 is 1.33 bits per heavy atom. The van der Waals surface area contributed by atoms with E-state index in [9.17, 15) is 8.42 Å². The van der Waals surface area contributed by atoms with Crippen molar-refractivity contribution in [2.24, 2.45) is 0 Å². The van der Waals surface area contributed by atoms with E-state index >= 15 is 0 Å². The van der Waals surface area contributed by atoms with Gasteiger partial charge in [-0.2, -0.15) is 0 Å². The van der Waals surface area contributed by atoms with Gasteiger partial charge in [-0.1, -0.05) is 6.92 Å². The molecule has 0 bridgehead atoms. The smallest absolute Gasteiger partial charge is 0.173 e. The fraction of sp³-hybridized carbons (Fsp3) is 1.00. The van der Waals surface area contributed by atoms with Gasteiger partial charge in [-0.05, 0) is 6.92 Å². The molecular formula is C5H12O3S. The van der Waals surface area contributed by atoms with Crippen molar-refractivity contribution < 1.29 is 13.2 Å². The first-order valence-corrected chi connectivity index (χ1v) is 4.72. The average molecular weight is 152 g/mol. The first kappa shape index (κ1) is 8.91. The van der Waals surface area contributed by atoms with Crippen LogP contribution in [0.1, 0.15) is 13.8 Å². The molecule has 9 heavy (non-hydrogen) atoms. The van der Waals surface area contributed by atoms with Crippen molar-refractivity contribution in [3.63, 3.8) is 0 Å². The molecule has 0 saturated heterocycles. The van der Waals surface area contributed by atoms with Gasteiger partial charge in [-0.3, -0.25) is 0 Å². The lowest BCUT2D eigenvalue weighted by Crippen LogP contribution is -2.11. The summed E-state index contributed by atoms with van der Waals surface area (Å²) in [4.78, 5) is 0. The molecule has 0 rings (SSSR count). The van der Waals surface area contributed by atoms with Crippen molar-refractivity contribution in [2.75, 3.05) is 18.3 Å². The molecule has 0 N–H and O–H groups in total. The number of sulfone groups is 1. The van der Waals surface area contributed by atoms with E-state index in [-0.39, 0.29) is 11.7 Å². The lowest BCUT2D eigenvalue weighted by molar-refractivity contribution is 0.192. The molecule has 3 nitrogen and oxygen atoms in total. The molecule has 0 radical (unpaired) electrons. The number of ether oxygens (including phenoxy) is 1. The van der Waals surface area contributed by atoms with Crippen molar-refractivity contribution in [3.8, 4) is 0 Å². The van der Waals surface area contributed by atoms with Gasteiger partial charge < -0.3 is 4.74 Å². The quantitative estimate of drug-likeness (QED) is 0.586. The van der Waals surface area contributed by atoms with E-state index < -0.39 is 9.84 Å². The second-order valence-corrected chi connectivity index (χ2v) is 3.94. The molecule has 0 fully saturated rings. The van der Waals surface area contributed by atoms with Crippen molar-refractivity contribution in [2.45, 2.75) is 13.8 Å². The fourth-order valence-electron chi connectivity index (χ4n) is 0.294. The Bertz CT molecular complexity index is 148. The summed E-state index contributed by atoms with van der Waals surface area (Å²) in [5.74, 6) is 0.0208. The van der Waals surface area contributed by atoms with Crippen LogP contribution in [0.2, 0.25) is 0 Å².